The maximum absolute atomic E-state index is 12.6. The summed E-state index contributed by atoms with van der Waals surface area (Å²) in [6.07, 6.45) is 2.12. The number of fused-ring (bicyclic) bond motifs is 1. The summed E-state index contributed by atoms with van der Waals surface area (Å²) in [6, 6.07) is 2.30. The first-order chi connectivity index (χ1) is 9.16. The van der Waals surface area contributed by atoms with E-state index in [9.17, 15) is 9.59 Å². The van der Waals surface area contributed by atoms with Crippen LogP contribution in [-0.2, 0) is 16.0 Å². The number of amides is 2. The molecule has 1 aromatic heterocycles. The van der Waals surface area contributed by atoms with E-state index in [4.69, 9.17) is 0 Å². The lowest BCUT2D eigenvalue weighted by atomic mass is 9.94. The first-order valence-electron chi connectivity index (χ1n) is 6.80. The number of hydrogen-bond donors (Lipinski definition) is 1. The van der Waals surface area contributed by atoms with Gasteiger partial charge < -0.3 is 10.2 Å². The van der Waals surface area contributed by atoms with Gasteiger partial charge in [-0.3, -0.25) is 9.59 Å². The molecule has 2 aliphatic heterocycles. The molecule has 3 rings (SSSR count). The molecule has 102 valence electrons. The Morgan fingerprint density at radius 3 is 3.05 bits per heavy atom. The largest absolute Gasteiger partial charge is 0.355 e. The number of hydrogen-bond acceptors (Lipinski definition) is 3. The van der Waals surface area contributed by atoms with E-state index in [1.807, 2.05) is 4.90 Å². The summed E-state index contributed by atoms with van der Waals surface area (Å²) >= 11 is 1.78. The highest BCUT2D eigenvalue weighted by molar-refractivity contribution is 7.10. The molecule has 0 aromatic carbocycles. The van der Waals surface area contributed by atoms with Crippen molar-refractivity contribution in [1.29, 1.82) is 0 Å². The van der Waals surface area contributed by atoms with Gasteiger partial charge in [0.25, 0.3) is 0 Å². The van der Waals surface area contributed by atoms with Crippen molar-refractivity contribution in [1.82, 2.24) is 10.2 Å². The summed E-state index contributed by atoms with van der Waals surface area (Å²) in [5.41, 5.74) is 1.30. The van der Waals surface area contributed by atoms with E-state index in [0.717, 1.165) is 13.0 Å². The maximum Gasteiger partial charge on any atom is 0.227 e. The van der Waals surface area contributed by atoms with Gasteiger partial charge in [0.2, 0.25) is 11.8 Å². The highest BCUT2D eigenvalue weighted by atomic mass is 32.1. The minimum absolute atomic E-state index is 0.0414. The quantitative estimate of drug-likeness (QED) is 0.850. The average molecular weight is 278 g/mol. The number of carbonyl (C=O) groups is 2. The molecule has 1 saturated heterocycles. The van der Waals surface area contributed by atoms with Gasteiger partial charge in [-0.25, -0.2) is 0 Å². The molecular weight excluding hydrogens is 260 g/mol. The van der Waals surface area contributed by atoms with E-state index in [1.54, 1.807) is 11.3 Å². The van der Waals surface area contributed by atoms with Crippen molar-refractivity contribution in [2.75, 3.05) is 13.1 Å². The fraction of sp³-hybridized carbons (Fsp3) is 0.571. The van der Waals surface area contributed by atoms with Gasteiger partial charge >= 0.3 is 0 Å². The first kappa shape index (κ1) is 12.7. The molecule has 1 fully saturated rings. The zero-order chi connectivity index (χ0) is 13.4. The summed E-state index contributed by atoms with van der Waals surface area (Å²) in [5.74, 6) is 0.223. The van der Waals surface area contributed by atoms with Gasteiger partial charge in [-0.05, 0) is 36.8 Å². The first-order valence-corrected chi connectivity index (χ1v) is 7.68. The summed E-state index contributed by atoms with van der Waals surface area (Å²) < 4.78 is 0. The van der Waals surface area contributed by atoms with Gasteiger partial charge in [-0.2, -0.15) is 0 Å². The van der Waals surface area contributed by atoms with Gasteiger partial charge in [-0.15, -0.1) is 11.3 Å². The Morgan fingerprint density at radius 2 is 2.32 bits per heavy atom. The molecular formula is C14H18N2O2S. The monoisotopic (exact) mass is 278 g/mol. The van der Waals surface area contributed by atoms with E-state index in [-0.39, 0.29) is 23.8 Å². The van der Waals surface area contributed by atoms with Crippen molar-refractivity contribution >= 4 is 23.2 Å². The Morgan fingerprint density at radius 1 is 1.47 bits per heavy atom. The van der Waals surface area contributed by atoms with Crippen LogP contribution in [0.3, 0.4) is 0 Å². The fourth-order valence-corrected chi connectivity index (χ4v) is 3.95. The van der Waals surface area contributed by atoms with E-state index in [1.165, 1.54) is 10.4 Å². The summed E-state index contributed by atoms with van der Waals surface area (Å²) in [5, 5.41) is 4.90. The third-order valence-electron chi connectivity index (χ3n) is 4.18. The molecule has 2 unspecified atom stereocenters. The van der Waals surface area contributed by atoms with E-state index >= 15 is 0 Å². The molecule has 2 aliphatic rings. The van der Waals surface area contributed by atoms with Crippen LogP contribution in [0, 0.1) is 5.92 Å². The number of nitrogens with zero attached hydrogens (tertiary/aromatic N) is 1. The van der Waals surface area contributed by atoms with Gasteiger partial charge in [0.1, 0.15) is 0 Å². The predicted molar refractivity (Wildman–Crippen MR) is 73.9 cm³/mol. The molecule has 3 heterocycles. The normalized spacial score (nSPS) is 26.8. The number of nitrogens with one attached hydrogen (secondary N) is 1. The van der Waals surface area contributed by atoms with Gasteiger partial charge in [0, 0.05) is 24.4 Å². The topological polar surface area (TPSA) is 49.4 Å². The highest BCUT2D eigenvalue weighted by Crippen LogP contribution is 2.34. The Labute approximate surface area is 116 Å². The minimum Gasteiger partial charge on any atom is -0.355 e. The minimum atomic E-state index is -0.0414. The Hall–Kier alpha value is -1.36. The van der Waals surface area contributed by atoms with Gasteiger partial charge in [0.05, 0.1) is 12.0 Å². The summed E-state index contributed by atoms with van der Waals surface area (Å²) in [4.78, 5) is 27.1. The van der Waals surface area contributed by atoms with Gasteiger partial charge in [-0.1, -0.05) is 0 Å². The third kappa shape index (κ3) is 2.27. The Balaban J connectivity index is 1.73. The summed E-state index contributed by atoms with van der Waals surface area (Å²) in [7, 11) is 0. The van der Waals surface area contributed by atoms with E-state index in [2.05, 4.69) is 23.7 Å². The Kier molecular flexibility index (Phi) is 3.31. The lowest BCUT2D eigenvalue weighted by Crippen LogP contribution is -2.47. The van der Waals surface area contributed by atoms with Crippen LogP contribution >= 0.6 is 11.3 Å². The Bertz CT molecular complexity index is 501. The SMILES string of the molecule is CC1c2ccsc2CCN1C(=O)C1CCC(=O)NC1. The van der Waals surface area contributed by atoms with Crippen molar-refractivity contribution < 1.29 is 9.59 Å². The molecule has 0 aliphatic carbocycles. The predicted octanol–water partition coefficient (Wildman–Crippen LogP) is 1.72. The molecule has 4 nitrogen and oxygen atoms in total. The van der Waals surface area contributed by atoms with E-state index in [0.29, 0.717) is 19.4 Å². The number of thiophene rings is 1. The molecule has 19 heavy (non-hydrogen) atoms. The van der Waals surface area contributed by atoms with Crippen molar-refractivity contribution in [3.63, 3.8) is 0 Å². The molecule has 1 aromatic rings. The van der Waals surface area contributed by atoms with Crippen molar-refractivity contribution in [3.05, 3.63) is 21.9 Å². The van der Waals surface area contributed by atoms with Crippen LogP contribution in [0.25, 0.3) is 0 Å². The zero-order valence-corrected chi connectivity index (χ0v) is 11.8. The average Bonchev–Trinajstić information content (AvgIpc) is 2.88. The third-order valence-corrected chi connectivity index (χ3v) is 5.17. The fourth-order valence-electron chi connectivity index (χ4n) is 2.99. The zero-order valence-electron chi connectivity index (χ0n) is 11.0. The molecule has 2 atom stereocenters. The van der Waals surface area contributed by atoms with E-state index < -0.39 is 0 Å². The van der Waals surface area contributed by atoms with Crippen LogP contribution in [0.4, 0.5) is 0 Å². The lowest BCUT2D eigenvalue weighted by molar-refractivity contribution is -0.139. The standard InChI is InChI=1S/C14H18N2O2S/c1-9-11-5-7-19-12(11)4-6-16(9)14(18)10-2-3-13(17)15-8-10/h5,7,9-10H,2-4,6,8H2,1H3,(H,15,17). The molecule has 0 radical (unpaired) electrons. The van der Waals surface area contributed by atoms with Crippen molar-refractivity contribution in [2.45, 2.75) is 32.2 Å². The molecule has 2 amide bonds. The van der Waals surface area contributed by atoms with Crippen LogP contribution in [0.15, 0.2) is 11.4 Å². The molecule has 0 spiro atoms. The van der Waals surface area contributed by atoms with Crippen LogP contribution in [0.2, 0.25) is 0 Å². The molecule has 5 heteroatoms. The van der Waals surface area contributed by atoms with Crippen molar-refractivity contribution in [2.24, 2.45) is 5.92 Å². The van der Waals surface area contributed by atoms with Crippen LogP contribution in [0.5, 0.6) is 0 Å². The second-order valence-electron chi connectivity index (χ2n) is 5.30. The van der Waals surface area contributed by atoms with Gasteiger partial charge in [0.15, 0.2) is 0 Å². The molecule has 1 N–H and O–H groups in total. The van der Waals surface area contributed by atoms with Crippen LogP contribution in [0.1, 0.15) is 36.2 Å². The molecule has 0 bridgehead atoms. The second kappa shape index (κ2) is 4.96. The van der Waals surface area contributed by atoms with Crippen LogP contribution < -0.4 is 5.32 Å². The maximum atomic E-state index is 12.6. The highest BCUT2D eigenvalue weighted by Gasteiger charge is 2.33. The van der Waals surface area contributed by atoms with Crippen LogP contribution in [-0.4, -0.2) is 29.8 Å². The van der Waals surface area contributed by atoms with Crippen molar-refractivity contribution in [3.8, 4) is 0 Å². The summed E-state index contributed by atoms with van der Waals surface area (Å²) in [6.45, 7) is 3.40. The lowest BCUT2D eigenvalue weighted by Gasteiger charge is -2.37. The number of rotatable bonds is 1. The second-order valence-corrected chi connectivity index (χ2v) is 6.30. The smallest absolute Gasteiger partial charge is 0.227 e. The molecule has 0 saturated carbocycles. The number of carbonyl (C=O) groups excluding carboxylic acids is 2. The number of piperidine rings is 1.